The van der Waals surface area contributed by atoms with Gasteiger partial charge in [0.15, 0.2) is 0 Å². The Morgan fingerprint density at radius 3 is 2.57 bits per heavy atom. The molecular weight excluding hydrogens is 305 g/mol. The van der Waals surface area contributed by atoms with Crippen LogP contribution in [0.4, 0.5) is 13.2 Å². The highest BCUT2D eigenvalue weighted by Gasteiger charge is 2.44. The van der Waals surface area contributed by atoms with Gasteiger partial charge in [-0.3, -0.25) is 0 Å². The summed E-state index contributed by atoms with van der Waals surface area (Å²) in [6, 6.07) is 2.29. The minimum absolute atomic E-state index is 0.0356. The molecule has 0 spiro atoms. The molecule has 0 amide bonds. The first-order valence-electron chi connectivity index (χ1n) is 6.75. The summed E-state index contributed by atoms with van der Waals surface area (Å²) < 4.78 is 67.1. The molecule has 0 N–H and O–H groups in total. The quantitative estimate of drug-likeness (QED) is 0.855. The Bertz CT molecular complexity index is 647. The van der Waals surface area contributed by atoms with Crippen molar-refractivity contribution in [1.29, 1.82) is 0 Å². The van der Waals surface area contributed by atoms with Crippen LogP contribution in [0.2, 0.25) is 0 Å². The summed E-state index contributed by atoms with van der Waals surface area (Å²) in [5.74, 6) is -1.24. The van der Waals surface area contributed by atoms with Crippen molar-refractivity contribution in [2.45, 2.75) is 25.1 Å². The Morgan fingerprint density at radius 2 is 1.90 bits per heavy atom. The number of hydrogen-bond acceptors (Lipinski definition) is 2. The smallest absolute Gasteiger partial charge is 0.245 e. The minimum atomic E-state index is -3.82. The predicted molar refractivity (Wildman–Crippen MR) is 70.4 cm³/mol. The molecule has 0 aliphatic carbocycles. The molecule has 116 valence electrons. The van der Waals surface area contributed by atoms with Gasteiger partial charge in [0.05, 0.1) is 6.04 Å². The maximum Gasteiger partial charge on any atom is 0.282 e. The van der Waals surface area contributed by atoms with Gasteiger partial charge in [-0.1, -0.05) is 0 Å². The molecular formula is C13H15F3N2O2S. The fourth-order valence-corrected chi connectivity index (χ4v) is 4.72. The van der Waals surface area contributed by atoms with E-state index in [9.17, 15) is 21.6 Å². The predicted octanol–water partition coefficient (Wildman–Crippen LogP) is 2.00. The van der Waals surface area contributed by atoms with Crippen molar-refractivity contribution in [2.24, 2.45) is 0 Å². The second-order valence-electron chi connectivity index (χ2n) is 5.36. The van der Waals surface area contributed by atoms with Gasteiger partial charge in [-0.25, -0.2) is 13.2 Å². The Balaban J connectivity index is 1.90. The van der Waals surface area contributed by atoms with Crippen molar-refractivity contribution < 1.29 is 21.6 Å². The molecule has 2 heterocycles. The molecule has 3 rings (SSSR count). The minimum Gasteiger partial charge on any atom is -0.245 e. The molecule has 21 heavy (non-hydrogen) atoms. The van der Waals surface area contributed by atoms with Crippen molar-refractivity contribution >= 4 is 10.2 Å². The van der Waals surface area contributed by atoms with Gasteiger partial charge < -0.3 is 0 Å². The van der Waals surface area contributed by atoms with E-state index < -0.39 is 34.1 Å². The van der Waals surface area contributed by atoms with Gasteiger partial charge in [0, 0.05) is 25.2 Å². The van der Waals surface area contributed by atoms with E-state index in [2.05, 4.69) is 0 Å². The number of hydrogen-bond donors (Lipinski definition) is 0. The third kappa shape index (κ3) is 2.56. The first-order valence-corrected chi connectivity index (χ1v) is 8.15. The highest BCUT2D eigenvalue weighted by Crippen LogP contribution is 2.37. The van der Waals surface area contributed by atoms with Crippen molar-refractivity contribution in [3.8, 4) is 0 Å². The number of nitrogens with zero attached hydrogens (tertiary/aromatic N) is 2. The fourth-order valence-electron chi connectivity index (χ4n) is 2.82. The van der Waals surface area contributed by atoms with Crippen LogP contribution in [0.15, 0.2) is 18.2 Å². The van der Waals surface area contributed by atoms with Crippen LogP contribution in [0.5, 0.6) is 0 Å². The van der Waals surface area contributed by atoms with Gasteiger partial charge in [-0.2, -0.15) is 17.0 Å². The van der Waals surface area contributed by atoms with E-state index in [4.69, 9.17) is 0 Å². The Morgan fingerprint density at radius 1 is 1.19 bits per heavy atom. The summed E-state index contributed by atoms with van der Waals surface area (Å²) in [5, 5.41) is 0. The topological polar surface area (TPSA) is 40.6 Å². The molecule has 0 radical (unpaired) electrons. The molecule has 0 aromatic heterocycles. The maximum absolute atomic E-state index is 13.9. The summed E-state index contributed by atoms with van der Waals surface area (Å²) in [7, 11) is -3.82. The standard InChI is InChI=1S/C13H15F3N2O2S/c14-9-3-4-12(16)11(6-9)13-2-1-5-18(13)21(19,20)17-7-10(15)8-17/h3-4,6,10,13H,1-2,5,7-8H2. The van der Waals surface area contributed by atoms with Gasteiger partial charge in [-0.05, 0) is 31.0 Å². The molecule has 2 aliphatic heterocycles. The molecule has 1 aromatic rings. The second kappa shape index (κ2) is 5.26. The SMILES string of the molecule is O=S(=O)(N1CC(F)C1)N1CCCC1c1cc(F)ccc1F. The van der Waals surface area contributed by atoms with Crippen LogP contribution < -0.4 is 0 Å². The molecule has 2 fully saturated rings. The molecule has 1 atom stereocenters. The summed E-state index contributed by atoms with van der Waals surface area (Å²) in [4.78, 5) is 0. The molecule has 2 aliphatic rings. The summed E-state index contributed by atoms with van der Waals surface area (Å²) in [6.07, 6.45) is -0.161. The molecule has 0 saturated carbocycles. The zero-order chi connectivity index (χ0) is 15.2. The van der Waals surface area contributed by atoms with Crippen LogP contribution in [0.1, 0.15) is 24.4 Å². The molecule has 8 heteroatoms. The number of benzene rings is 1. The van der Waals surface area contributed by atoms with E-state index in [0.29, 0.717) is 12.8 Å². The van der Waals surface area contributed by atoms with Crippen LogP contribution in [-0.4, -0.2) is 42.8 Å². The van der Waals surface area contributed by atoms with E-state index in [1.807, 2.05) is 0 Å². The van der Waals surface area contributed by atoms with E-state index in [0.717, 1.165) is 26.8 Å². The van der Waals surface area contributed by atoms with E-state index in [1.54, 1.807) is 0 Å². The van der Waals surface area contributed by atoms with E-state index in [-0.39, 0.29) is 25.2 Å². The maximum atomic E-state index is 13.9. The summed E-state index contributed by atoms with van der Waals surface area (Å²) >= 11 is 0. The van der Waals surface area contributed by atoms with Crippen molar-refractivity contribution in [3.63, 3.8) is 0 Å². The number of alkyl halides is 1. The van der Waals surface area contributed by atoms with Gasteiger partial charge in [0.1, 0.15) is 17.8 Å². The molecule has 1 unspecified atom stereocenters. The lowest BCUT2D eigenvalue weighted by Crippen LogP contribution is -2.56. The van der Waals surface area contributed by atoms with Crippen LogP contribution in [0, 0.1) is 11.6 Å². The van der Waals surface area contributed by atoms with Gasteiger partial charge >= 0.3 is 0 Å². The first-order chi connectivity index (χ1) is 9.89. The van der Waals surface area contributed by atoms with Gasteiger partial charge in [-0.15, -0.1) is 0 Å². The first kappa shape index (κ1) is 14.8. The zero-order valence-electron chi connectivity index (χ0n) is 11.2. The molecule has 1 aromatic carbocycles. The Hall–Kier alpha value is -1.12. The monoisotopic (exact) mass is 320 g/mol. The third-order valence-electron chi connectivity index (χ3n) is 3.95. The normalized spacial score (nSPS) is 25.2. The highest BCUT2D eigenvalue weighted by molar-refractivity contribution is 7.86. The second-order valence-corrected chi connectivity index (χ2v) is 7.24. The van der Waals surface area contributed by atoms with Crippen LogP contribution in [0.3, 0.4) is 0 Å². The van der Waals surface area contributed by atoms with Crippen LogP contribution in [0.25, 0.3) is 0 Å². The Kier molecular flexibility index (Phi) is 3.71. The zero-order valence-corrected chi connectivity index (χ0v) is 12.0. The molecule has 2 saturated heterocycles. The third-order valence-corrected chi connectivity index (χ3v) is 5.93. The summed E-state index contributed by atoms with van der Waals surface area (Å²) in [6.45, 7) is -0.106. The van der Waals surface area contributed by atoms with Gasteiger partial charge in [0.2, 0.25) is 0 Å². The van der Waals surface area contributed by atoms with Crippen molar-refractivity contribution in [2.75, 3.05) is 19.6 Å². The number of rotatable bonds is 3. The average molecular weight is 320 g/mol. The molecule has 4 nitrogen and oxygen atoms in total. The molecule has 0 bridgehead atoms. The lowest BCUT2D eigenvalue weighted by atomic mass is 10.0. The number of halogens is 3. The van der Waals surface area contributed by atoms with E-state index >= 15 is 0 Å². The highest BCUT2D eigenvalue weighted by atomic mass is 32.2. The van der Waals surface area contributed by atoms with E-state index in [1.165, 1.54) is 0 Å². The fraction of sp³-hybridized carbons (Fsp3) is 0.538. The van der Waals surface area contributed by atoms with Crippen LogP contribution >= 0.6 is 0 Å². The summed E-state index contributed by atoms with van der Waals surface area (Å²) in [5.41, 5.74) is 0.0356. The lowest BCUT2D eigenvalue weighted by Gasteiger charge is -2.37. The van der Waals surface area contributed by atoms with Crippen molar-refractivity contribution in [1.82, 2.24) is 8.61 Å². The Labute approximate surface area is 121 Å². The average Bonchev–Trinajstić information content (AvgIpc) is 2.87. The van der Waals surface area contributed by atoms with Crippen LogP contribution in [-0.2, 0) is 10.2 Å². The van der Waals surface area contributed by atoms with Gasteiger partial charge in [0.25, 0.3) is 10.2 Å². The van der Waals surface area contributed by atoms with Crippen molar-refractivity contribution in [3.05, 3.63) is 35.4 Å². The largest absolute Gasteiger partial charge is 0.282 e. The lowest BCUT2D eigenvalue weighted by molar-refractivity contribution is 0.131.